The van der Waals surface area contributed by atoms with Crippen molar-refractivity contribution in [2.24, 2.45) is 0 Å². The van der Waals surface area contributed by atoms with Crippen molar-refractivity contribution in [1.29, 1.82) is 0 Å². The molecule has 0 fully saturated rings. The van der Waals surface area contributed by atoms with Gasteiger partial charge in [0.25, 0.3) is 0 Å². The maximum absolute atomic E-state index is 6.32. The Morgan fingerprint density at radius 3 is 2.53 bits per heavy atom. The molecule has 0 spiro atoms. The predicted octanol–water partition coefficient (Wildman–Crippen LogP) is 5.38. The van der Waals surface area contributed by atoms with Crippen LogP contribution in [0.1, 0.15) is 26.4 Å². The molecule has 0 aliphatic carbocycles. The van der Waals surface area contributed by atoms with Crippen molar-refractivity contribution in [3.8, 4) is 0 Å². The van der Waals surface area contributed by atoms with Crippen LogP contribution >= 0.6 is 38.9 Å². The number of methoxy groups -OCH3 is 1. The van der Waals surface area contributed by atoms with Crippen LogP contribution in [-0.4, -0.2) is 13.7 Å². The summed E-state index contributed by atoms with van der Waals surface area (Å²) in [5, 5.41) is 2.97. The highest BCUT2D eigenvalue weighted by atomic mass is 79.9. The zero-order valence-electron chi connectivity index (χ0n) is 11.0. The van der Waals surface area contributed by atoms with Gasteiger partial charge in [-0.1, -0.05) is 51.8 Å². The Balaban J connectivity index is 2.15. The topological polar surface area (TPSA) is 9.23 Å². The molecule has 1 aromatic heterocycles. The molecule has 1 aromatic carbocycles. The zero-order valence-corrected chi connectivity index (χ0v) is 14.1. The van der Waals surface area contributed by atoms with Crippen molar-refractivity contribution >= 4 is 38.9 Å². The van der Waals surface area contributed by atoms with Gasteiger partial charge in [0.05, 0.1) is 16.5 Å². The minimum absolute atomic E-state index is 0.162. The number of alkyl halides is 1. The smallest absolute Gasteiger partial charge is 0.0753 e. The molecule has 0 N–H and O–H groups in total. The summed E-state index contributed by atoms with van der Waals surface area (Å²) in [5.74, 6) is 0. The molecule has 0 saturated carbocycles. The molecule has 0 saturated heterocycles. The zero-order chi connectivity index (χ0) is 13.8. The minimum Gasteiger partial charge on any atom is -0.384 e. The van der Waals surface area contributed by atoms with Gasteiger partial charge < -0.3 is 4.74 Å². The maximum atomic E-state index is 6.32. The molecule has 0 radical (unpaired) electrons. The second kappa shape index (κ2) is 6.89. The van der Waals surface area contributed by atoms with Gasteiger partial charge in [-0.2, -0.15) is 0 Å². The summed E-state index contributed by atoms with van der Waals surface area (Å²) in [6, 6.07) is 8.60. The van der Waals surface area contributed by atoms with E-state index in [4.69, 9.17) is 16.3 Å². The molecule has 19 heavy (non-hydrogen) atoms. The lowest BCUT2D eigenvalue weighted by Gasteiger charge is -2.10. The summed E-state index contributed by atoms with van der Waals surface area (Å²) in [6.07, 6.45) is 0.947. The van der Waals surface area contributed by atoms with E-state index in [-0.39, 0.29) is 4.83 Å². The van der Waals surface area contributed by atoms with Crippen LogP contribution in [0.5, 0.6) is 0 Å². The van der Waals surface area contributed by atoms with Gasteiger partial charge in [-0.3, -0.25) is 0 Å². The number of hydrogen-bond donors (Lipinski definition) is 0. The van der Waals surface area contributed by atoms with Gasteiger partial charge in [-0.05, 0) is 35.4 Å². The SMILES string of the molecule is COCCc1ccc(C(Br)c2scc(C)c2Cl)cc1. The lowest BCUT2D eigenvalue weighted by Crippen LogP contribution is -1.96. The molecule has 2 aromatic rings. The molecule has 2 rings (SSSR count). The molecule has 0 aliphatic rings. The van der Waals surface area contributed by atoms with Crippen molar-refractivity contribution in [2.75, 3.05) is 13.7 Å². The molecule has 1 nitrogen and oxygen atoms in total. The average Bonchev–Trinajstić information content (AvgIpc) is 2.76. The molecule has 102 valence electrons. The summed E-state index contributed by atoms with van der Waals surface area (Å²) in [7, 11) is 1.73. The Labute approximate surface area is 131 Å². The van der Waals surface area contributed by atoms with Gasteiger partial charge in [-0.25, -0.2) is 0 Å². The lowest BCUT2D eigenvalue weighted by molar-refractivity contribution is 0.202. The Hall–Kier alpha value is -0.350. The number of thiophene rings is 1. The van der Waals surface area contributed by atoms with E-state index in [1.165, 1.54) is 16.0 Å². The van der Waals surface area contributed by atoms with E-state index in [1.54, 1.807) is 18.4 Å². The van der Waals surface area contributed by atoms with E-state index in [1.807, 2.05) is 6.92 Å². The first kappa shape index (κ1) is 15.0. The summed E-state index contributed by atoms with van der Waals surface area (Å²) < 4.78 is 5.09. The first-order chi connectivity index (χ1) is 9.13. The molecule has 4 heteroatoms. The number of rotatable bonds is 5. The first-order valence-electron chi connectivity index (χ1n) is 6.08. The Bertz CT molecular complexity index is 536. The lowest BCUT2D eigenvalue weighted by atomic mass is 10.1. The van der Waals surface area contributed by atoms with Gasteiger partial charge in [0.1, 0.15) is 0 Å². The molecule has 0 bridgehead atoms. The van der Waals surface area contributed by atoms with E-state index in [2.05, 4.69) is 45.6 Å². The fourth-order valence-electron chi connectivity index (χ4n) is 1.85. The van der Waals surface area contributed by atoms with Crippen molar-refractivity contribution in [2.45, 2.75) is 18.2 Å². The standard InChI is InChI=1S/C15H16BrClOS/c1-10-9-19-15(14(10)17)13(16)12-5-3-11(4-6-12)7-8-18-2/h3-6,9,13H,7-8H2,1-2H3. The fourth-order valence-corrected chi connectivity index (χ4v) is 4.14. The fraction of sp³-hybridized carbons (Fsp3) is 0.333. The highest BCUT2D eigenvalue weighted by Crippen LogP contribution is 2.40. The van der Waals surface area contributed by atoms with Gasteiger partial charge in [0.15, 0.2) is 0 Å². The van der Waals surface area contributed by atoms with Gasteiger partial charge in [-0.15, -0.1) is 11.3 Å². The molecule has 1 heterocycles. The Morgan fingerprint density at radius 1 is 1.32 bits per heavy atom. The van der Waals surface area contributed by atoms with Crippen molar-refractivity contribution in [1.82, 2.24) is 0 Å². The van der Waals surface area contributed by atoms with Crippen LogP contribution in [-0.2, 0) is 11.2 Å². The molecular weight excluding hydrogens is 344 g/mol. The highest BCUT2D eigenvalue weighted by molar-refractivity contribution is 9.09. The Kier molecular flexibility index (Phi) is 5.46. The summed E-state index contributed by atoms with van der Waals surface area (Å²) in [4.78, 5) is 1.33. The van der Waals surface area contributed by atoms with Crippen LogP contribution in [0.25, 0.3) is 0 Å². The van der Waals surface area contributed by atoms with Crippen LogP contribution in [0, 0.1) is 6.92 Å². The molecule has 1 atom stereocenters. The van der Waals surface area contributed by atoms with Crippen LogP contribution < -0.4 is 0 Å². The third-order valence-corrected chi connectivity index (χ3v) is 6.09. The number of benzene rings is 1. The second-order valence-corrected chi connectivity index (χ2v) is 6.65. The number of hydrogen-bond acceptors (Lipinski definition) is 2. The number of aryl methyl sites for hydroxylation is 1. The first-order valence-corrected chi connectivity index (χ1v) is 8.26. The van der Waals surface area contributed by atoms with Crippen molar-refractivity contribution in [3.63, 3.8) is 0 Å². The maximum Gasteiger partial charge on any atom is 0.0753 e. The van der Waals surface area contributed by atoms with Crippen LogP contribution in [0.3, 0.4) is 0 Å². The van der Waals surface area contributed by atoms with Crippen molar-refractivity contribution < 1.29 is 4.74 Å². The summed E-state index contributed by atoms with van der Waals surface area (Å²) >= 11 is 11.8. The van der Waals surface area contributed by atoms with Crippen LogP contribution in [0.4, 0.5) is 0 Å². The quantitative estimate of drug-likeness (QED) is 0.651. The predicted molar refractivity (Wildman–Crippen MR) is 86.9 cm³/mol. The van der Waals surface area contributed by atoms with Crippen LogP contribution in [0.15, 0.2) is 29.6 Å². The molecule has 0 aliphatic heterocycles. The van der Waals surface area contributed by atoms with E-state index in [0.717, 1.165) is 23.6 Å². The third kappa shape index (κ3) is 3.60. The molecule has 1 unspecified atom stereocenters. The average molecular weight is 360 g/mol. The van der Waals surface area contributed by atoms with Crippen LogP contribution in [0.2, 0.25) is 5.02 Å². The number of halogens is 2. The third-order valence-electron chi connectivity index (χ3n) is 3.02. The van der Waals surface area contributed by atoms with E-state index < -0.39 is 0 Å². The summed E-state index contributed by atoms with van der Waals surface area (Å²) in [6.45, 7) is 2.79. The largest absolute Gasteiger partial charge is 0.384 e. The molecular formula is C15H16BrClOS. The second-order valence-electron chi connectivity index (χ2n) is 4.44. The summed E-state index contributed by atoms with van der Waals surface area (Å²) in [5.41, 5.74) is 3.66. The minimum atomic E-state index is 0.162. The Morgan fingerprint density at radius 2 is 2.00 bits per heavy atom. The van der Waals surface area contributed by atoms with Crippen molar-refractivity contribution in [3.05, 3.63) is 56.2 Å². The molecule has 0 amide bonds. The van der Waals surface area contributed by atoms with Gasteiger partial charge in [0.2, 0.25) is 0 Å². The monoisotopic (exact) mass is 358 g/mol. The van der Waals surface area contributed by atoms with E-state index in [0.29, 0.717) is 0 Å². The van der Waals surface area contributed by atoms with Gasteiger partial charge >= 0.3 is 0 Å². The highest BCUT2D eigenvalue weighted by Gasteiger charge is 2.17. The van der Waals surface area contributed by atoms with Gasteiger partial charge in [0, 0.05) is 12.0 Å². The van der Waals surface area contributed by atoms with E-state index in [9.17, 15) is 0 Å². The van der Waals surface area contributed by atoms with E-state index >= 15 is 0 Å². The normalized spacial score (nSPS) is 12.6. The number of ether oxygens (including phenoxy) is 1.